The van der Waals surface area contributed by atoms with E-state index in [1.165, 1.54) is 0 Å². The smallest absolute Gasteiger partial charge is 0.257 e. The lowest BCUT2D eigenvalue weighted by molar-refractivity contribution is -0.00166. The average molecular weight is 263 g/mol. The van der Waals surface area contributed by atoms with E-state index in [0.29, 0.717) is 24.6 Å². The summed E-state index contributed by atoms with van der Waals surface area (Å²) < 4.78 is 5.42. The highest BCUT2D eigenvalue weighted by Crippen LogP contribution is 2.26. The normalized spacial score (nSPS) is 23.4. The van der Waals surface area contributed by atoms with Gasteiger partial charge < -0.3 is 14.7 Å². The highest BCUT2D eigenvalue weighted by atomic mass is 16.5. The van der Waals surface area contributed by atoms with Gasteiger partial charge in [-0.05, 0) is 30.9 Å². The van der Waals surface area contributed by atoms with Crippen LogP contribution in [0.15, 0.2) is 18.2 Å². The number of carbonyl (C=O) groups excluding carboxylic acids is 1. The molecular formula is C15H21NO3. The molecule has 0 bridgehead atoms. The second-order valence-corrected chi connectivity index (χ2v) is 5.26. The van der Waals surface area contributed by atoms with Crippen molar-refractivity contribution in [3.05, 3.63) is 29.3 Å². The maximum atomic E-state index is 12.5. The highest BCUT2D eigenvalue weighted by molar-refractivity contribution is 5.97. The summed E-state index contributed by atoms with van der Waals surface area (Å²) in [5.74, 6) is 0.426. The van der Waals surface area contributed by atoms with Crippen molar-refractivity contribution in [2.75, 3.05) is 20.2 Å². The molecule has 1 amide bonds. The van der Waals surface area contributed by atoms with E-state index in [-0.39, 0.29) is 17.8 Å². The van der Waals surface area contributed by atoms with E-state index in [2.05, 4.69) is 6.92 Å². The minimum Gasteiger partial charge on any atom is -0.507 e. The van der Waals surface area contributed by atoms with Crippen LogP contribution in [0.25, 0.3) is 0 Å². The second-order valence-electron chi connectivity index (χ2n) is 5.26. The molecule has 4 nitrogen and oxygen atoms in total. The van der Waals surface area contributed by atoms with Gasteiger partial charge in [0.05, 0.1) is 11.7 Å². The van der Waals surface area contributed by atoms with Crippen molar-refractivity contribution in [1.82, 2.24) is 4.90 Å². The van der Waals surface area contributed by atoms with Gasteiger partial charge in [-0.3, -0.25) is 4.79 Å². The minimum atomic E-state index is -0.116. The highest BCUT2D eigenvalue weighted by Gasteiger charge is 2.30. The SMILES string of the molecule is COC1CN(C(=O)c2cccc(C)c2O)CCC1C. The zero-order valence-corrected chi connectivity index (χ0v) is 11.7. The first-order valence-corrected chi connectivity index (χ1v) is 6.65. The number of phenols is 1. The molecule has 1 saturated heterocycles. The van der Waals surface area contributed by atoms with Gasteiger partial charge in [0, 0.05) is 20.2 Å². The predicted octanol–water partition coefficient (Wildman–Crippen LogP) is 2.20. The van der Waals surface area contributed by atoms with Crippen LogP contribution in [-0.4, -0.2) is 42.2 Å². The van der Waals surface area contributed by atoms with Crippen molar-refractivity contribution < 1.29 is 14.6 Å². The number of methoxy groups -OCH3 is 1. The Morgan fingerprint density at radius 2 is 2.21 bits per heavy atom. The van der Waals surface area contributed by atoms with Gasteiger partial charge in [-0.15, -0.1) is 0 Å². The number of ether oxygens (including phenoxy) is 1. The van der Waals surface area contributed by atoms with Crippen LogP contribution in [0.1, 0.15) is 29.3 Å². The van der Waals surface area contributed by atoms with Crippen molar-refractivity contribution in [2.24, 2.45) is 5.92 Å². The van der Waals surface area contributed by atoms with E-state index >= 15 is 0 Å². The molecule has 1 aromatic rings. The van der Waals surface area contributed by atoms with Gasteiger partial charge in [0.25, 0.3) is 5.91 Å². The standard InChI is InChI=1S/C15H21NO3/c1-10-7-8-16(9-13(10)19-3)15(18)12-6-4-5-11(2)14(12)17/h4-6,10,13,17H,7-9H2,1-3H3. The predicted molar refractivity (Wildman–Crippen MR) is 73.3 cm³/mol. The Kier molecular flexibility index (Phi) is 4.10. The summed E-state index contributed by atoms with van der Waals surface area (Å²) in [5.41, 5.74) is 1.10. The van der Waals surface area contributed by atoms with E-state index in [1.807, 2.05) is 0 Å². The monoisotopic (exact) mass is 263 g/mol. The van der Waals surface area contributed by atoms with Crippen LogP contribution in [0.5, 0.6) is 5.75 Å². The van der Waals surface area contributed by atoms with Crippen LogP contribution < -0.4 is 0 Å². The second kappa shape index (κ2) is 5.61. The summed E-state index contributed by atoms with van der Waals surface area (Å²) in [7, 11) is 1.68. The topological polar surface area (TPSA) is 49.8 Å². The molecule has 1 aliphatic heterocycles. The minimum absolute atomic E-state index is 0.0738. The molecule has 0 radical (unpaired) electrons. The van der Waals surface area contributed by atoms with E-state index in [4.69, 9.17) is 4.74 Å². The van der Waals surface area contributed by atoms with Crippen LogP contribution >= 0.6 is 0 Å². The maximum Gasteiger partial charge on any atom is 0.257 e. The summed E-state index contributed by atoms with van der Waals surface area (Å²) in [6.07, 6.45) is 1.00. The van der Waals surface area contributed by atoms with Gasteiger partial charge in [0.15, 0.2) is 0 Å². The number of aryl methyl sites for hydroxylation is 1. The van der Waals surface area contributed by atoms with Gasteiger partial charge in [-0.1, -0.05) is 19.1 Å². The lowest BCUT2D eigenvalue weighted by Crippen LogP contribution is -2.46. The molecule has 2 atom stereocenters. The molecule has 1 heterocycles. The van der Waals surface area contributed by atoms with Crippen molar-refractivity contribution in [3.8, 4) is 5.75 Å². The number of hydrogen-bond acceptors (Lipinski definition) is 3. The fourth-order valence-corrected chi connectivity index (χ4v) is 2.53. The van der Waals surface area contributed by atoms with Crippen molar-refractivity contribution >= 4 is 5.91 Å². The number of nitrogens with zero attached hydrogens (tertiary/aromatic N) is 1. The van der Waals surface area contributed by atoms with Gasteiger partial charge in [0.1, 0.15) is 5.75 Å². The zero-order chi connectivity index (χ0) is 14.0. The number of aromatic hydroxyl groups is 1. The Hall–Kier alpha value is -1.55. The van der Waals surface area contributed by atoms with E-state index in [1.54, 1.807) is 37.1 Å². The van der Waals surface area contributed by atoms with Gasteiger partial charge >= 0.3 is 0 Å². The maximum absolute atomic E-state index is 12.5. The molecule has 0 aromatic heterocycles. The van der Waals surface area contributed by atoms with Crippen molar-refractivity contribution in [2.45, 2.75) is 26.4 Å². The molecular weight excluding hydrogens is 242 g/mol. The van der Waals surface area contributed by atoms with Crippen LogP contribution in [-0.2, 0) is 4.74 Å². The van der Waals surface area contributed by atoms with Crippen LogP contribution in [0, 0.1) is 12.8 Å². The molecule has 104 valence electrons. The van der Waals surface area contributed by atoms with E-state index in [9.17, 15) is 9.90 Å². The number of para-hydroxylation sites is 1. The number of likely N-dealkylation sites (tertiary alicyclic amines) is 1. The fraction of sp³-hybridized carbons (Fsp3) is 0.533. The summed E-state index contributed by atoms with van der Waals surface area (Å²) in [4.78, 5) is 14.2. The molecule has 2 unspecified atom stereocenters. The number of rotatable bonds is 2. The molecule has 2 rings (SSSR count). The molecule has 0 spiro atoms. The number of phenolic OH excluding ortho intramolecular Hbond substituents is 1. The molecule has 4 heteroatoms. The van der Waals surface area contributed by atoms with E-state index < -0.39 is 0 Å². The molecule has 1 fully saturated rings. The first kappa shape index (κ1) is 13.9. The molecule has 1 aromatic carbocycles. The summed E-state index contributed by atoms with van der Waals surface area (Å²) >= 11 is 0. The van der Waals surface area contributed by atoms with Crippen LogP contribution in [0.3, 0.4) is 0 Å². The first-order valence-electron chi connectivity index (χ1n) is 6.65. The Bertz CT molecular complexity index is 472. The Morgan fingerprint density at radius 3 is 2.89 bits per heavy atom. The third-order valence-electron chi connectivity index (χ3n) is 3.95. The van der Waals surface area contributed by atoms with Gasteiger partial charge in [-0.2, -0.15) is 0 Å². The Labute approximate surface area is 114 Å². The fourth-order valence-electron chi connectivity index (χ4n) is 2.53. The number of hydrogen-bond donors (Lipinski definition) is 1. The molecule has 1 N–H and O–H groups in total. The summed E-state index contributed by atoms with van der Waals surface area (Å²) in [6.45, 7) is 5.24. The quantitative estimate of drug-likeness (QED) is 0.890. The number of piperidine rings is 1. The molecule has 1 aliphatic rings. The third-order valence-corrected chi connectivity index (χ3v) is 3.95. The van der Waals surface area contributed by atoms with Gasteiger partial charge in [-0.25, -0.2) is 0 Å². The largest absolute Gasteiger partial charge is 0.507 e. The Balaban J connectivity index is 2.18. The molecule has 19 heavy (non-hydrogen) atoms. The van der Waals surface area contributed by atoms with Crippen molar-refractivity contribution in [3.63, 3.8) is 0 Å². The number of amides is 1. The number of carbonyl (C=O) groups is 1. The van der Waals surface area contributed by atoms with E-state index in [0.717, 1.165) is 12.0 Å². The molecule has 0 aliphatic carbocycles. The van der Waals surface area contributed by atoms with Crippen molar-refractivity contribution in [1.29, 1.82) is 0 Å². The lowest BCUT2D eigenvalue weighted by Gasteiger charge is -2.36. The Morgan fingerprint density at radius 1 is 1.47 bits per heavy atom. The lowest BCUT2D eigenvalue weighted by atomic mass is 9.95. The van der Waals surface area contributed by atoms with Crippen LogP contribution in [0.2, 0.25) is 0 Å². The van der Waals surface area contributed by atoms with Gasteiger partial charge in [0.2, 0.25) is 0 Å². The summed E-state index contributed by atoms with van der Waals surface area (Å²) in [5, 5.41) is 9.99. The third kappa shape index (κ3) is 2.73. The first-order chi connectivity index (χ1) is 9.04. The molecule has 0 saturated carbocycles. The summed E-state index contributed by atoms with van der Waals surface area (Å²) in [6, 6.07) is 5.26. The number of benzene rings is 1. The van der Waals surface area contributed by atoms with Crippen LogP contribution in [0.4, 0.5) is 0 Å². The zero-order valence-electron chi connectivity index (χ0n) is 11.7. The average Bonchev–Trinajstić information content (AvgIpc) is 2.41.